The summed E-state index contributed by atoms with van der Waals surface area (Å²) in [6, 6.07) is 7.22. The van der Waals surface area contributed by atoms with Gasteiger partial charge in [0.2, 0.25) is 5.92 Å². The minimum absolute atomic E-state index is 0.0408. The van der Waals surface area contributed by atoms with Gasteiger partial charge in [0.1, 0.15) is 6.61 Å². The molecule has 158 valence electrons. The SMILES string of the molecule is COc1cc(C2=[N+]=C(C3CC(F)(F)C3)N2)ccc1OCc1ccc(C(F)(F)F)cn1. The summed E-state index contributed by atoms with van der Waals surface area (Å²) in [6.07, 6.45) is -4.08. The van der Waals surface area contributed by atoms with E-state index in [1.807, 2.05) is 0 Å². The molecule has 0 atom stereocenters. The second kappa shape index (κ2) is 7.28. The highest BCUT2D eigenvalue weighted by Crippen LogP contribution is 2.42. The second-order valence-electron chi connectivity index (χ2n) is 7.12. The molecule has 5 nitrogen and oxygen atoms in total. The van der Waals surface area contributed by atoms with E-state index in [1.54, 1.807) is 18.2 Å². The molecule has 0 radical (unpaired) electrons. The molecule has 1 aliphatic heterocycles. The van der Waals surface area contributed by atoms with Crippen molar-refractivity contribution in [3.63, 3.8) is 0 Å². The Morgan fingerprint density at radius 3 is 2.47 bits per heavy atom. The van der Waals surface area contributed by atoms with Crippen LogP contribution in [-0.2, 0) is 12.8 Å². The number of pyridine rings is 1. The normalized spacial score (nSPS) is 17.8. The first-order valence-electron chi connectivity index (χ1n) is 9.08. The number of hydrogen-bond donors (Lipinski definition) is 1. The maximum atomic E-state index is 13.0. The number of aromatic nitrogens is 1. The van der Waals surface area contributed by atoms with Gasteiger partial charge in [-0.15, -0.1) is 0 Å². The van der Waals surface area contributed by atoms with E-state index >= 15 is 0 Å². The zero-order valence-electron chi connectivity index (χ0n) is 15.8. The lowest BCUT2D eigenvalue weighted by molar-refractivity contribution is -0.137. The van der Waals surface area contributed by atoms with Crippen molar-refractivity contribution in [2.45, 2.75) is 31.5 Å². The molecule has 2 heterocycles. The van der Waals surface area contributed by atoms with Gasteiger partial charge in [-0.05, 0) is 30.3 Å². The van der Waals surface area contributed by atoms with Crippen LogP contribution in [0.5, 0.6) is 11.5 Å². The van der Waals surface area contributed by atoms with E-state index in [4.69, 9.17) is 9.47 Å². The van der Waals surface area contributed by atoms with Crippen molar-refractivity contribution in [1.82, 2.24) is 15.0 Å². The van der Waals surface area contributed by atoms with Crippen LogP contribution in [0.3, 0.4) is 0 Å². The number of hydrogen-bond acceptors (Lipinski definition) is 4. The maximum absolute atomic E-state index is 13.0. The van der Waals surface area contributed by atoms with Gasteiger partial charge in [-0.3, -0.25) is 4.98 Å². The molecule has 0 spiro atoms. The summed E-state index contributed by atoms with van der Waals surface area (Å²) >= 11 is 0. The van der Waals surface area contributed by atoms with Crippen LogP contribution < -0.4 is 19.5 Å². The van der Waals surface area contributed by atoms with Gasteiger partial charge in [-0.1, -0.05) is 0 Å². The second-order valence-corrected chi connectivity index (χ2v) is 7.12. The van der Waals surface area contributed by atoms with Crippen LogP contribution in [0, 0.1) is 5.92 Å². The van der Waals surface area contributed by atoms with Crippen LogP contribution in [-0.4, -0.2) is 29.7 Å². The van der Waals surface area contributed by atoms with Gasteiger partial charge in [0.05, 0.1) is 29.8 Å². The summed E-state index contributed by atoms with van der Waals surface area (Å²) in [5.41, 5.74) is 0.196. The Morgan fingerprint density at radius 2 is 1.90 bits per heavy atom. The maximum Gasteiger partial charge on any atom is 0.417 e. The molecule has 2 aliphatic rings. The molecule has 1 N–H and O–H groups in total. The quantitative estimate of drug-likeness (QED) is 0.567. The molecule has 10 heteroatoms. The Kier molecular flexibility index (Phi) is 4.89. The minimum atomic E-state index is -4.44. The van der Waals surface area contributed by atoms with Crippen LogP contribution in [0.4, 0.5) is 22.0 Å². The van der Waals surface area contributed by atoms with Gasteiger partial charge in [0.15, 0.2) is 11.5 Å². The van der Waals surface area contributed by atoms with E-state index in [1.165, 1.54) is 13.2 Å². The summed E-state index contributed by atoms with van der Waals surface area (Å²) in [5, 5.41) is 3.02. The highest BCUT2D eigenvalue weighted by molar-refractivity contribution is 6.17. The van der Waals surface area contributed by atoms with Crippen LogP contribution in [0.25, 0.3) is 0 Å². The van der Waals surface area contributed by atoms with E-state index in [0.717, 1.165) is 12.3 Å². The standard InChI is InChI=1S/C20H16F5N3O2/c1-29-16-6-11(17-27-18(28-17)12-7-19(21,22)8-12)2-5-15(16)30-10-14-4-3-13(9-26-14)20(23,24)25/h2-6,9,12H,7-8,10H2,1H3/p+1. The fourth-order valence-corrected chi connectivity index (χ4v) is 3.19. The summed E-state index contributed by atoms with van der Waals surface area (Å²) in [6.45, 7) is -0.0408. The van der Waals surface area contributed by atoms with Gasteiger partial charge in [-0.2, -0.15) is 13.2 Å². The number of nitrogens with zero attached hydrogens (tertiary/aromatic N) is 2. The van der Waals surface area contributed by atoms with Crippen LogP contribution in [0.15, 0.2) is 36.5 Å². The van der Waals surface area contributed by atoms with Gasteiger partial charge < -0.3 is 9.47 Å². The van der Waals surface area contributed by atoms with E-state index in [2.05, 4.69) is 15.0 Å². The van der Waals surface area contributed by atoms with Gasteiger partial charge >= 0.3 is 12.0 Å². The number of ether oxygens (including phenoxy) is 2. The van der Waals surface area contributed by atoms with Gasteiger partial charge in [0, 0.05) is 19.0 Å². The number of nitrogens with one attached hydrogen (secondary N) is 1. The summed E-state index contributed by atoms with van der Waals surface area (Å²) < 4.78 is 78.9. The largest absolute Gasteiger partial charge is 0.493 e. The fraction of sp³-hybridized carbons (Fsp3) is 0.350. The first-order chi connectivity index (χ1) is 14.1. The molecule has 1 aromatic heterocycles. The number of methoxy groups -OCH3 is 1. The van der Waals surface area contributed by atoms with E-state index in [0.29, 0.717) is 34.4 Å². The Bertz CT molecular complexity index is 1020. The molecule has 1 aromatic carbocycles. The molecule has 1 aliphatic carbocycles. The topological polar surface area (TPSA) is 57.5 Å². The fourth-order valence-electron chi connectivity index (χ4n) is 3.19. The van der Waals surface area contributed by atoms with E-state index in [-0.39, 0.29) is 25.4 Å². The first-order valence-corrected chi connectivity index (χ1v) is 9.08. The zero-order valence-corrected chi connectivity index (χ0v) is 15.8. The summed E-state index contributed by atoms with van der Waals surface area (Å²) in [5.74, 6) is -0.963. The van der Waals surface area contributed by atoms with Gasteiger partial charge in [-0.25, -0.2) is 18.8 Å². The number of amidine groups is 2. The number of rotatable bonds is 6. The Labute approximate surface area is 168 Å². The van der Waals surface area contributed by atoms with Crippen LogP contribution in [0.1, 0.15) is 29.7 Å². The van der Waals surface area contributed by atoms with Crippen molar-refractivity contribution in [1.29, 1.82) is 0 Å². The summed E-state index contributed by atoms with van der Waals surface area (Å²) in [4.78, 5) is 3.76. The van der Waals surface area contributed by atoms with Crippen molar-refractivity contribution in [2.24, 2.45) is 5.92 Å². The van der Waals surface area contributed by atoms with E-state index in [9.17, 15) is 22.0 Å². The summed E-state index contributed by atoms with van der Waals surface area (Å²) in [7, 11) is 1.45. The molecule has 0 saturated heterocycles. The van der Waals surface area contributed by atoms with Crippen molar-refractivity contribution in [3.8, 4) is 11.5 Å². The zero-order chi connectivity index (χ0) is 21.5. The Morgan fingerprint density at radius 1 is 1.17 bits per heavy atom. The molecule has 30 heavy (non-hydrogen) atoms. The van der Waals surface area contributed by atoms with Crippen LogP contribution >= 0.6 is 0 Å². The smallest absolute Gasteiger partial charge is 0.417 e. The van der Waals surface area contributed by atoms with Gasteiger partial charge in [0.25, 0.3) is 5.84 Å². The van der Waals surface area contributed by atoms with E-state index < -0.39 is 17.7 Å². The lowest BCUT2D eigenvalue weighted by Crippen LogP contribution is -2.54. The molecule has 2 aromatic rings. The average molecular weight is 426 g/mol. The molecule has 0 bridgehead atoms. The third-order valence-corrected chi connectivity index (χ3v) is 4.92. The lowest BCUT2D eigenvalue weighted by Gasteiger charge is -2.33. The predicted molar refractivity (Wildman–Crippen MR) is 98.6 cm³/mol. The third kappa shape index (κ3) is 4.09. The first kappa shape index (κ1) is 20.2. The molecular weight excluding hydrogens is 409 g/mol. The molecular formula is C20H17F5N3O2+. The van der Waals surface area contributed by atoms with Crippen molar-refractivity contribution in [2.75, 3.05) is 7.11 Å². The number of benzene rings is 1. The number of halogens is 5. The molecule has 0 unspecified atom stereocenters. The highest BCUT2D eigenvalue weighted by Gasteiger charge is 2.51. The number of alkyl halides is 5. The van der Waals surface area contributed by atoms with Crippen molar-refractivity contribution < 1.29 is 31.4 Å². The molecule has 1 saturated carbocycles. The third-order valence-electron chi connectivity index (χ3n) is 4.92. The molecule has 4 rings (SSSR count). The van der Waals surface area contributed by atoms with Crippen molar-refractivity contribution in [3.05, 3.63) is 53.3 Å². The van der Waals surface area contributed by atoms with Crippen LogP contribution in [0.2, 0.25) is 0 Å². The van der Waals surface area contributed by atoms with Crippen molar-refractivity contribution >= 4 is 11.7 Å². The Hall–Kier alpha value is -3.13. The Balaban J connectivity index is 1.43. The average Bonchev–Trinajstić information content (AvgIpc) is 2.63. The predicted octanol–water partition coefficient (Wildman–Crippen LogP) is 3.55. The molecule has 1 fully saturated rings. The monoisotopic (exact) mass is 426 g/mol. The lowest BCUT2D eigenvalue weighted by atomic mass is 9.80. The highest BCUT2D eigenvalue weighted by atomic mass is 19.4. The molecule has 0 amide bonds. The minimum Gasteiger partial charge on any atom is -0.493 e.